The van der Waals surface area contributed by atoms with Gasteiger partial charge in [-0.25, -0.2) is 4.90 Å². The fraction of sp³-hybridized carbons (Fsp3) is 0.125. The number of nitrogens with two attached hydrogens (primary N) is 1. The number of amides is 2. The van der Waals surface area contributed by atoms with Crippen LogP contribution in [-0.2, 0) is 0 Å². The normalized spacial score (nSPS) is 13.8. The van der Waals surface area contributed by atoms with Crippen molar-refractivity contribution < 1.29 is 9.59 Å². The average Bonchev–Trinajstić information content (AvgIpc) is 2.65. The average molecular weight is 266 g/mol. The molecule has 0 radical (unpaired) electrons. The quantitative estimate of drug-likeness (QED) is 0.637. The fourth-order valence-corrected chi connectivity index (χ4v) is 2.44. The molecule has 2 aromatic carbocycles. The summed E-state index contributed by atoms with van der Waals surface area (Å²) in [6.45, 7) is 3.75. The van der Waals surface area contributed by atoms with Crippen molar-refractivity contribution in [2.75, 3.05) is 10.6 Å². The summed E-state index contributed by atoms with van der Waals surface area (Å²) in [6.07, 6.45) is 0. The highest BCUT2D eigenvalue weighted by Gasteiger charge is 2.37. The van der Waals surface area contributed by atoms with E-state index in [4.69, 9.17) is 5.73 Å². The van der Waals surface area contributed by atoms with Gasteiger partial charge in [0.25, 0.3) is 11.8 Å². The largest absolute Gasteiger partial charge is 0.399 e. The van der Waals surface area contributed by atoms with Gasteiger partial charge in [-0.15, -0.1) is 0 Å². The lowest BCUT2D eigenvalue weighted by molar-refractivity contribution is 0.0926. The van der Waals surface area contributed by atoms with Crippen LogP contribution in [0.2, 0.25) is 0 Å². The van der Waals surface area contributed by atoms with Gasteiger partial charge in [-0.3, -0.25) is 9.59 Å². The van der Waals surface area contributed by atoms with E-state index in [0.717, 1.165) is 11.1 Å². The van der Waals surface area contributed by atoms with E-state index in [2.05, 4.69) is 0 Å². The molecule has 0 spiro atoms. The van der Waals surface area contributed by atoms with Gasteiger partial charge in [0.15, 0.2) is 0 Å². The highest BCUT2D eigenvalue weighted by Crippen LogP contribution is 2.32. The molecule has 3 rings (SSSR count). The summed E-state index contributed by atoms with van der Waals surface area (Å²) in [4.78, 5) is 26.1. The molecule has 1 aliphatic rings. The minimum atomic E-state index is -0.293. The molecule has 0 unspecified atom stereocenters. The van der Waals surface area contributed by atoms with Crippen LogP contribution in [0.5, 0.6) is 0 Å². The Bertz CT molecular complexity index is 750. The molecule has 0 atom stereocenters. The van der Waals surface area contributed by atoms with E-state index in [1.54, 1.807) is 30.3 Å². The van der Waals surface area contributed by atoms with Gasteiger partial charge in [0.2, 0.25) is 0 Å². The van der Waals surface area contributed by atoms with E-state index >= 15 is 0 Å². The van der Waals surface area contributed by atoms with Crippen LogP contribution in [0, 0.1) is 13.8 Å². The van der Waals surface area contributed by atoms with E-state index in [1.807, 2.05) is 19.9 Å². The Morgan fingerprint density at radius 1 is 0.900 bits per heavy atom. The second kappa shape index (κ2) is 4.20. The van der Waals surface area contributed by atoms with E-state index in [1.165, 1.54) is 4.90 Å². The molecule has 1 heterocycles. The van der Waals surface area contributed by atoms with E-state index < -0.39 is 0 Å². The molecule has 0 saturated carbocycles. The summed E-state index contributed by atoms with van der Waals surface area (Å²) >= 11 is 0. The molecule has 0 aromatic heterocycles. The maximum Gasteiger partial charge on any atom is 0.266 e. The Kier molecular flexibility index (Phi) is 2.61. The maximum absolute atomic E-state index is 12.5. The number of hydrogen-bond donors (Lipinski definition) is 1. The van der Waals surface area contributed by atoms with Crippen molar-refractivity contribution in [1.82, 2.24) is 0 Å². The molecule has 100 valence electrons. The minimum absolute atomic E-state index is 0.289. The van der Waals surface area contributed by atoms with Crippen LogP contribution in [0.25, 0.3) is 0 Å². The maximum atomic E-state index is 12.5. The zero-order valence-electron chi connectivity index (χ0n) is 11.3. The minimum Gasteiger partial charge on any atom is -0.399 e. The second-order valence-corrected chi connectivity index (χ2v) is 5.04. The number of rotatable bonds is 1. The van der Waals surface area contributed by atoms with Gasteiger partial charge < -0.3 is 5.73 Å². The lowest BCUT2D eigenvalue weighted by atomic mass is 10.1. The number of anilines is 2. The Morgan fingerprint density at radius 2 is 1.60 bits per heavy atom. The third-order valence-electron chi connectivity index (χ3n) is 3.52. The van der Waals surface area contributed by atoms with Crippen molar-refractivity contribution in [2.24, 2.45) is 0 Å². The number of aryl methyl sites for hydroxylation is 2. The smallest absolute Gasteiger partial charge is 0.266 e. The predicted octanol–water partition coefficient (Wildman–Crippen LogP) is 2.69. The van der Waals surface area contributed by atoms with Crippen LogP contribution in [0.1, 0.15) is 31.8 Å². The Morgan fingerprint density at radius 3 is 2.35 bits per heavy atom. The van der Waals surface area contributed by atoms with Crippen LogP contribution in [0.4, 0.5) is 11.4 Å². The first kappa shape index (κ1) is 12.4. The Hall–Kier alpha value is -2.62. The van der Waals surface area contributed by atoms with Crippen LogP contribution >= 0.6 is 0 Å². The van der Waals surface area contributed by atoms with Crippen molar-refractivity contribution in [3.8, 4) is 0 Å². The molecule has 2 aromatic rings. The lowest BCUT2D eigenvalue weighted by Gasteiger charge is -2.17. The molecule has 4 heteroatoms. The Labute approximate surface area is 116 Å². The summed E-state index contributed by atoms with van der Waals surface area (Å²) in [5.41, 5.74) is 9.54. The molecule has 20 heavy (non-hydrogen) atoms. The summed E-state index contributed by atoms with van der Waals surface area (Å²) < 4.78 is 0. The van der Waals surface area contributed by atoms with Gasteiger partial charge in [-0.1, -0.05) is 17.7 Å². The summed E-state index contributed by atoms with van der Waals surface area (Å²) in [7, 11) is 0. The molecule has 0 aliphatic carbocycles. The molecular formula is C16H14N2O2. The van der Waals surface area contributed by atoms with E-state index in [-0.39, 0.29) is 11.8 Å². The summed E-state index contributed by atoms with van der Waals surface area (Å²) in [6, 6.07) is 10.5. The molecule has 0 fully saturated rings. The molecule has 2 amide bonds. The van der Waals surface area contributed by atoms with Crippen molar-refractivity contribution in [3.05, 3.63) is 58.7 Å². The van der Waals surface area contributed by atoms with Gasteiger partial charge in [-0.05, 0) is 43.7 Å². The predicted molar refractivity (Wildman–Crippen MR) is 77.9 cm³/mol. The van der Waals surface area contributed by atoms with Gasteiger partial charge in [0, 0.05) is 5.69 Å². The summed E-state index contributed by atoms with van der Waals surface area (Å²) in [5.74, 6) is -0.582. The zero-order chi connectivity index (χ0) is 14.4. The molecule has 0 bridgehead atoms. The van der Waals surface area contributed by atoms with Crippen LogP contribution in [-0.4, -0.2) is 11.8 Å². The number of nitrogen functional groups attached to an aromatic ring is 1. The zero-order valence-corrected chi connectivity index (χ0v) is 11.3. The summed E-state index contributed by atoms with van der Waals surface area (Å²) in [5, 5.41) is 0. The number of carbonyl (C=O) groups is 2. The molecule has 1 aliphatic heterocycles. The number of imide groups is 1. The van der Waals surface area contributed by atoms with Gasteiger partial charge in [-0.2, -0.15) is 0 Å². The van der Waals surface area contributed by atoms with Gasteiger partial charge >= 0.3 is 0 Å². The highest BCUT2D eigenvalue weighted by molar-refractivity contribution is 6.34. The van der Waals surface area contributed by atoms with Crippen molar-refractivity contribution in [2.45, 2.75) is 13.8 Å². The standard InChI is InChI=1S/C16H14N2O2/c1-9-3-6-12-13(7-9)16(20)18(15(12)19)14-8-11(17)5-4-10(14)2/h3-8H,17H2,1-2H3. The first-order chi connectivity index (χ1) is 9.49. The van der Waals surface area contributed by atoms with E-state index in [0.29, 0.717) is 22.5 Å². The third kappa shape index (κ3) is 1.69. The fourth-order valence-electron chi connectivity index (χ4n) is 2.44. The monoisotopic (exact) mass is 266 g/mol. The Balaban J connectivity index is 2.16. The van der Waals surface area contributed by atoms with Gasteiger partial charge in [0.1, 0.15) is 0 Å². The van der Waals surface area contributed by atoms with Gasteiger partial charge in [0.05, 0.1) is 16.8 Å². The number of fused-ring (bicyclic) bond motifs is 1. The molecule has 4 nitrogen and oxygen atoms in total. The third-order valence-corrected chi connectivity index (χ3v) is 3.52. The van der Waals surface area contributed by atoms with Crippen LogP contribution in [0.15, 0.2) is 36.4 Å². The second-order valence-electron chi connectivity index (χ2n) is 5.04. The van der Waals surface area contributed by atoms with Crippen LogP contribution < -0.4 is 10.6 Å². The number of benzene rings is 2. The van der Waals surface area contributed by atoms with E-state index in [9.17, 15) is 9.59 Å². The van der Waals surface area contributed by atoms with Crippen LogP contribution in [0.3, 0.4) is 0 Å². The number of hydrogen-bond acceptors (Lipinski definition) is 3. The first-order valence-electron chi connectivity index (χ1n) is 6.34. The SMILES string of the molecule is Cc1ccc2c(c1)C(=O)N(c1cc(N)ccc1C)C2=O. The first-order valence-corrected chi connectivity index (χ1v) is 6.34. The highest BCUT2D eigenvalue weighted by atomic mass is 16.2. The molecule has 0 saturated heterocycles. The number of carbonyl (C=O) groups excluding carboxylic acids is 2. The molecule has 2 N–H and O–H groups in total. The van der Waals surface area contributed by atoms with Crippen molar-refractivity contribution in [3.63, 3.8) is 0 Å². The topological polar surface area (TPSA) is 63.4 Å². The van der Waals surface area contributed by atoms with Crippen molar-refractivity contribution in [1.29, 1.82) is 0 Å². The molecular weight excluding hydrogens is 252 g/mol. The lowest BCUT2D eigenvalue weighted by Crippen LogP contribution is -2.30. The van der Waals surface area contributed by atoms with Crippen molar-refractivity contribution >= 4 is 23.2 Å². The number of nitrogens with zero attached hydrogens (tertiary/aromatic N) is 1.